The highest BCUT2D eigenvalue weighted by atomic mass is 79.9. The van der Waals surface area contributed by atoms with Crippen LogP contribution in [0.4, 0.5) is 0 Å². The average molecular weight is 539 g/mol. The minimum absolute atomic E-state index is 0.0338. The molecule has 0 aromatic heterocycles. The number of phenolic OH excluding ortho intramolecular Hbond substituents is 1. The number of fused-ring (bicyclic) bond motifs is 3. The summed E-state index contributed by atoms with van der Waals surface area (Å²) < 4.78 is 19.5. The third-order valence-electron chi connectivity index (χ3n) is 9.63. The topological polar surface area (TPSA) is 82.1 Å². The van der Waals surface area contributed by atoms with Crippen LogP contribution in [0, 0.1) is 35.0 Å². The summed E-state index contributed by atoms with van der Waals surface area (Å²) in [4.78, 5) is 26.2. The SMILES string of the molecule is CC1COC2c3c(O)ccc(OC(=O)c4ccc(Br)cc4)c3C3OC(=O)C4CCC5C1CCC25C43. The van der Waals surface area contributed by atoms with Crippen LogP contribution < -0.4 is 4.74 Å². The molecule has 1 spiro atoms. The summed E-state index contributed by atoms with van der Waals surface area (Å²) in [6.45, 7) is 2.88. The van der Waals surface area contributed by atoms with Gasteiger partial charge in [0.1, 0.15) is 17.6 Å². The lowest BCUT2D eigenvalue weighted by molar-refractivity contribution is -0.145. The molecular weight excluding hydrogens is 512 g/mol. The van der Waals surface area contributed by atoms with Crippen molar-refractivity contribution >= 4 is 27.9 Å². The molecule has 2 saturated carbocycles. The Hall–Kier alpha value is -2.38. The third kappa shape index (κ3) is 2.85. The quantitative estimate of drug-likeness (QED) is 0.388. The highest BCUT2D eigenvalue weighted by Gasteiger charge is 2.71. The highest BCUT2D eigenvalue weighted by Crippen LogP contribution is 2.75. The van der Waals surface area contributed by atoms with Gasteiger partial charge in [-0.2, -0.15) is 0 Å². The smallest absolute Gasteiger partial charge is 0.343 e. The zero-order valence-corrected chi connectivity index (χ0v) is 21.0. The number of benzene rings is 2. The molecule has 1 N–H and O–H groups in total. The highest BCUT2D eigenvalue weighted by molar-refractivity contribution is 9.10. The molecule has 0 amide bonds. The maximum Gasteiger partial charge on any atom is 0.343 e. The van der Waals surface area contributed by atoms with Crippen molar-refractivity contribution in [3.8, 4) is 11.5 Å². The minimum Gasteiger partial charge on any atom is -0.508 e. The Balaban J connectivity index is 1.40. The van der Waals surface area contributed by atoms with Crippen molar-refractivity contribution < 1.29 is 28.9 Å². The van der Waals surface area contributed by atoms with Crippen molar-refractivity contribution in [3.05, 3.63) is 57.6 Å². The van der Waals surface area contributed by atoms with Crippen molar-refractivity contribution in [1.29, 1.82) is 0 Å². The molecule has 2 bridgehead atoms. The van der Waals surface area contributed by atoms with Gasteiger partial charge in [-0.05, 0) is 79.8 Å². The van der Waals surface area contributed by atoms with Crippen molar-refractivity contribution in [2.75, 3.05) is 6.61 Å². The van der Waals surface area contributed by atoms with E-state index in [1.165, 1.54) is 0 Å². The van der Waals surface area contributed by atoms with Crippen molar-refractivity contribution in [2.45, 2.75) is 44.8 Å². The van der Waals surface area contributed by atoms with Crippen molar-refractivity contribution in [3.63, 3.8) is 0 Å². The molecule has 6 nitrogen and oxygen atoms in total. The summed E-state index contributed by atoms with van der Waals surface area (Å²) >= 11 is 3.39. The second-order valence-corrected chi connectivity index (χ2v) is 11.9. The molecule has 2 aliphatic heterocycles. The number of carbonyl (C=O) groups is 2. The first-order chi connectivity index (χ1) is 16.9. The number of aromatic hydroxyl groups is 1. The lowest BCUT2D eigenvalue weighted by Gasteiger charge is -2.54. The van der Waals surface area contributed by atoms with E-state index in [9.17, 15) is 14.7 Å². The number of esters is 2. The van der Waals surface area contributed by atoms with Crippen LogP contribution in [0.15, 0.2) is 40.9 Å². The fraction of sp³-hybridized carbons (Fsp3) is 0.500. The molecule has 2 aromatic rings. The van der Waals surface area contributed by atoms with Gasteiger partial charge in [0.15, 0.2) is 0 Å². The van der Waals surface area contributed by atoms with Crippen LogP contribution in [-0.2, 0) is 14.3 Å². The van der Waals surface area contributed by atoms with E-state index in [0.29, 0.717) is 46.8 Å². The minimum atomic E-state index is -0.544. The molecular formula is C28H27BrO6. The number of carbonyl (C=O) groups excluding carboxylic acids is 2. The first-order valence-corrected chi connectivity index (χ1v) is 13.3. The Morgan fingerprint density at radius 1 is 1.11 bits per heavy atom. The van der Waals surface area contributed by atoms with Crippen LogP contribution >= 0.6 is 15.9 Å². The maximum absolute atomic E-state index is 13.1. The summed E-state index contributed by atoms with van der Waals surface area (Å²) in [6, 6.07) is 10.2. The Kier molecular flexibility index (Phi) is 4.72. The van der Waals surface area contributed by atoms with Crippen LogP contribution in [0.3, 0.4) is 0 Å². The van der Waals surface area contributed by atoms with E-state index in [2.05, 4.69) is 22.9 Å². The molecule has 0 radical (unpaired) electrons. The molecule has 2 saturated heterocycles. The molecule has 2 heterocycles. The predicted molar refractivity (Wildman–Crippen MR) is 129 cm³/mol. The number of phenols is 1. The van der Waals surface area contributed by atoms with Crippen LogP contribution in [0.5, 0.6) is 11.5 Å². The lowest BCUT2D eigenvalue weighted by atomic mass is 9.49. The molecule has 7 heteroatoms. The van der Waals surface area contributed by atoms with Gasteiger partial charge in [-0.15, -0.1) is 0 Å². The largest absolute Gasteiger partial charge is 0.508 e. The molecule has 35 heavy (non-hydrogen) atoms. The van der Waals surface area contributed by atoms with Gasteiger partial charge in [0, 0.05) is 26.9 Å². The van der Waals surface area contributed by atoms with Crippen molar-refractivity contribution in [1.82, 2.24) is 0 Å². The number of rotatable bonds is 2. The standard InChI is InChI=1S/C28H27BrO6/c1-13-12-33-25-21-19(30)8-9-20(34-26(31)14-2-4-15(29)5-3-14)22(21)24-23-17(27(32)35-24)6-7-18-16(13)10-11-28(18,23)25/h2-5,8-9,13,16-18,23-25,30H,6-7,10-12H2,1H3. The second kappa shape index (κ2) is 7.56. The summed E-state index contributed by atoms with van der Waals surface area (Å²) in [5.74, 6) is 0.970. The van der Waals surface area contributed by atoms with E-state index in [0.717, 1.165) is 30.2 Å². The van der Waals surface area contributed by atoms with Gasteiger partial charge in [-0.3, -0.25) is 4.79 Å². The van der Waals surface area contributed by atoms with Gasteiger partial charge in [0.05, 0.1) is 24.2 Å². The summed E-state index contributed by atoms with van der Waals surface area (Å²) in [5, 5.41) is 11.2. The van der Waals surface area contributed by atoms with Crippen LogP contribution in [0.2, 0.25) is 0 Å². The Morgan fingerprint density at radius 2 is 1.91 bits per heavy atom. The Labute approximate surface area is 212 Å². The van der Waals surface area contributed by atoms with Crippen LogP contribution in [0.25, 0.3) is 0 Å². The first kappa shape index (κ1) is 21.9. The fourth-order valence-electron chi connectivity index (χ4n) is 8.36. The second-order valence-electron chi connectivity index (χ2n) is 11.0. The van der Waals surface area contributed by atoms with E-state index in [4.69, 9.17) is 14.2 Å². The van der Waals surface area contributed by atoms with E-state index in [1.54, 1.807) is 36.4 Å². The molecule has 2 aromatic carbocycles. The average Bonchev–Trinajstić information content (AvgIpc) is 3.36. The monoisotopic (exact) mass is 538 g/mol. The summed E-state index contributed by atoms with van der Waals surface area (Å²) in [6.07, 6.45) is 3.01. The third-order valence-corrected chi connectivity index (χ3v) is 10.2. The number of halogens is 1. The van der Waals surface area contributed by atoms with Gasteiger partial charge in [-0.1, -0.05) is 22.9 Å². The normalized spacial score (nSPS) is 38.2. The lowest BCUT2D eigenvalue weighted by Crippen LogP contribution is -2.51. The first-order valence-electron chi connectivity index (χ1n) is 12.6. The Bertz CT molecular complexity index is 1240. The summed E-state index contributed by atoms with van der Waals surface area (Å²) in [7, 11) is 0. The Morgan fingerprint density at radius 3 is 2.71 bits per heavy atom. The van der Waals surface area contributed by atoms with Gasteiger partial charge in [-0.25, -0.2) is 4.79 Å². The van der Waals surface area contributed by atoms with E-state index in [1.807, 2.05) is 0 Å². The predicted octanol–water partition coefficient (Wildman–Crippen LogP) is 5.73. The number of hydrogen-bond donors (Lipinski definition) is 1. The maximum atomic E-state index is 13.1. The van der Waals surface area contributed by atoms with Crippen LogP contribution in [-0.4, -0.2) is 23.7 Å². The van der Waals surface area contributed by atoms with E-state index >= 15 is 0 Å². The molecule has 182 valence electrons. The zero-order valence-electron chi connectivity index (χ0n) is 19.4. The van der Waals surface area contributed by atoms with Crippen LogP contribution in [0.1, 0.15) is 66.3 Å². The zero-order chi connectivity index (χ0) is 24.1. The molecule has 3 aliphatic carbocycles. The molecule has 8 atom stereocenters. The fourth-order valence-corrected chi connectivity index (χ4v) is 8.63. The van der Waals surface area contributed by atoms with Gasteiger partial charge < -0.3 is 19.3 Å². The number of ether oxygens (including phenoxy) is 3. The van der Waals surface area contributed by atoms with Gasteiger partial charge in [0.25, 0.3) is 0 Å². The van der Waals surface area contributed by atoms with Gasteiger partial charge >= 0.3 is 11.9 Å². The molecule has 5 aliphatic rings. The van der Waals surface area contributed by atoms with E-state index in [-0.39, 0.29) is 35.1 Å². The molecule has 4 fully saturated rings. The van der Waals surface area contributed by atoms with E-state index < -0.39 is 12.1 Å². The van der Waals surface area contributed by atoms with Gasteiger partial charge in [0.2, 0.25) is 0 Å². The summed E-state index contributed by atoms with van der Waals surface area (Å²) in [5.41, 5.74) is 1.42. The molecule has 7 rings (SSSR count). The number of hydrogen-bond acceptors (Lipinski definition) is 6. The van der Waals surface area contributed by atoms with Crippen molar-refractivity contribution in [2.24, 2.45) is 35.0 Å². The molecule has 8 unspecified atom stereocenters.